The number of piperidine rings is 1. The normalized spacial score (nSPS) is 24.1. The van der Waals surface area contributed by atoms with E-state index in [0.29, 0.717) is 13.1 Å². The lowest BCUT2D eigenvalue weighted by Gasteiger charge is -2.39. The summed E-state index contributed by atoms with van der Waals surface area (Å²) in [5, 5.41) is 12.3. The number of rotatable bonds is 3. The van der Waals surface area contributed by atoms with Gasteiger partial charge < -0.3 is 14.7 Å². The number of hydrogen-bond acceptors (Lipinski definition) is 5. The zero-order valence-corrected chi connectivity index (χ0v) is 12.3. The number of likely N-dealkylation sites (tertiary alicyclic amines) is 1. The Labute approximate surface area is 118 Å². The maximum absolute atomic E-state index is 11.6. The van der Waals surface area contributed by atoms with Crippen molar-refractivity contribution in [2.75, 3.05) is 19.6 Å². The van der Waals surface area contributed by atoms with Crippen molar-refractivity contribution < 1.29 is 19.4 Å². The molecule has 2 aliphatic heterocycles. The van der Waals surface area contributed by atoms with Gasteiger partial charge in [0, 0.05) is 19.1 Å². The molecular formula is C13H23N3O4. The zero-order chi connectivity index (χ0) is 14.9. The van der Waals surface area contributed by atoms with Crippen molar-refractivity contribution >= 4 is 11.9 Å². The first-order valence-electron chi connectivity index (χ1n) is 6.97. The quantitative estimate of drug-likeness (QED) is 0.567. The van der Waals surface area contributed by atoms with Crippen LogP contribution in [-0.4, -0.2) is 64.5 Å². The van der Waals surface area contributed by atoms with Crippen LogP contribution in [0.25, 0.3) is 0 Å². The van der Waals surface area contributed by atoms with Gasteiger partial charge >= 0.3 is 6.03 Å². The number of urea groups is 1. The summed E-state index contributed by atoms with van der Waals surface area (Å²) in [6, 6.07) is -0.250. The first-order chi connectivity index (χ1) is 9.26. The summed E-state index contributed by atoms with van der Waals surface area (Å²) in [6.07, 6.45) is 0.529. The molecule has 7 nitrogen and oxygen atoms in total. The number of hydrogen-bond donors (Lipinski definition) is 2. The average Bonchev–Trinajstić information content (AvgIpc) is 2.66. The molecule has 20 heavy (non-hydrogen) atoms. The summed E-state index contributed by atoms with van der Waals surface area (Å²) in [7, 11) is 0. The van der Waals surface area contributed by atoms with Crippen molar-refractivity contribution in [3.05, 3.63) is 0 Å². The molecule has 0 aromatic carbocycles. The van der Waals surface area contributed by atoms with Crippen LogP contribution >= 0.6 is 0 Å². The summed E-state index contributed by atoms with van der Waals surface area (Å²) in [4.78, 5) is 26.2. The van der Waals surface area contributed by atoms with Gasteiger partial charge in [-0.15, -0.1) is 0 Å². The largest absolute Gasteiger partial charge is 0.356 e. The minimum Gasteiger partial charge on any atom is -0.356 e. The Morgan fingerprint density at radius 1 is 1.30 bits per heavy atom. The molecule has 0 saturated carbocycles. The zero-order valence-electron chi connectivity index (χ0n) is 12.3. The van der Waals surface area contributed by atoms with Gasteiger partial charge in [0.1, 0.15) is 6.54 Å². The van der Waals surface area contributed by atoms with Crippen molar-refractivity contribution in [1.82, 2.24) is 15.1 Å². The summed E-state index contributed by atoms with van der Waals surface area (Å²) in [5.41, 5.74) is -0.405. The molecule has 2 fully saturated rings. The molecule has 0 spiro atoms. The Kier molecular flexibility index (Phi) is 4.31. The maximum Gasteiger partial charge on any atom is 0.324 e. The second kappa shape index (κ2) is 5.67. The van der Waals surface area contributed by atoms with E-state index in [1.54, 1.807) is 4.90 Å². The van der Waals surface area contributed by atoms with Gasteiger partial charge in [0.25, 0.3) is 0 Å². The van der Waals surface area contributed by atoms with Gasteiger partial charge in [0.05, 0.1) is 5.60 Å². The Hall–Kier alpha value is -1.18. The molecule has 2 rings (SSSR count). The van der Waals surface area contributed by atoms with Gasteiger partial charge in [-0.25, -0.2) is 4.79 Å². The molecule has 1 atom stereocenters. The van der Waals surface area contributed by atoms with Crippen LogP contribution in [0.4, 0.5) is 4.79 Å². The number of carbonyl (C=O) groups is 2. The standard InChI is InChI=1S/C13H23N3O4/c1-13(2,3)20-12(19)15-6-4-9(5-7-15)16-8-10(17)14-11(16)18/h9,12,19H,4-8H2,1-3H3,(H,14,17,18). The van der Waals surface area contributed by atoms with Crippen LogP contribution in [0.2, 0.25) is 0 Å². The van der Waals surface area contributed by atoms with E-state index in [1.165, 1.54) is 0 Å². The Balaban J connectivity index is 1.83. The number of nitrogens with zero attached hydrogens (tertiary/aromatic N) is 2. The third-order valence-electron chi connectivity index (χ3n) is 3.53. The van der Waals surface area contributed by atoms with Crippen LogP contribution < -0.4 is 5.32 Å². The van der Waals surface area contributed by atoms with E-state index in [-0.39, 0.29) is 24.5 Å². The highest BCUT2D eigenvalue weighted by atomic mass is 16.6. The van der Waals surface area contributed by atoms with Crippen LogP contribution in [0, 0.1) is 0 Å². The molecule has 7 heteroatoms. The fourth-order valence-corrected chi connectivity index (χ4v) is 2.56. The smallest absolute Gasteiger partial charge is 0.324 e. The Morgan fingerprint density at radius 3 is 2.35 bits per heavy atom. The number of imide groups is 1. The van der Waals surface area contributed by atoms with Crippen molar-refractivity contribution in [3.63, 3.8) is 0 Å². The number of aliphatic hydroxyl groups excluding tert-OH is 1. The topological polar surface area (TPSA) is 82.1 Å². The lowest BCUT2D eigenvalue weighted by atomic mass is 10.0. The first kappa shape index (κ1) is 15.2. The van der Waals surface area contributed by atoms with Crippen LogP contribution in [-0.2, 0) is 9.53 Å². The molecule has 3 amide bonds. The molecule has 2 N–H and O–H groups in total. The fraction of sp³-hybridized carbons (Fsp3) is 0.846. The molecular weight excluding hydrogens is 262 g/mol. The number of ether oxygens (including phenoxy) is 1. The van der Waals surface area contributed by atoms with Crippen molar-refractivity contribution in [3.8, 4) is 0 Å². The summed E-state index contributed by atoms with van der Waals surface area (Å²) >= 11 is 0. The third kappa shape index (κ3) is 3.68. The highest BCUT2D eigenvalue weighted by Gasteiger charge is 2.36. The van der Waals surface area contributed by atoms with Gasteiger partial charge in [-0.2, -0.15) is 0 Å². The molecule has 0 radical (unpaired) electrons. The van der Waals surface area contributed by atoms with E-state index in [4.69, 9.17) is 4.74 Å². The summed E-state index contributed by atoms with van der Waals surface area (Å²) < 4.78 is 5.51. The lowest BCUT2D eigenvalue weighted by Crippen LogP contribution is -2.50. The number of aliphatic hydroxyl groups is 1. The van der Waals surface area contributed by atoms with Gasteiger partial charge in [-0.3, -0.25) is 15.0 Å². The second-order valence-corrected chi connectivity index (χ2v) is 6.30. The Morgan fingerprint density at radius 2 is 1.90 bits per heavy atom. The Bertz CT molecular complexity index is 386. The lowest BCUT2D eigenvalue weighted by molar-refractivity contribution is -0.243. The van der Waals surface area contributed by atoms with Gasteiger partial charge in [0.2, 0.25) is 12.3 Å². The SMILES string of the molecule is CC(C)(C)OC(O)N1CCC(N2CC(=O)NC2=O)CC1. The van der Waals surface area contributed by atoms with Gasteiger partial charge in [-0.1, -0.05) is 0 Å². The van der Waals surface area contributed by atoms with E-state index in [0.717, 1.165) is 12.8 Å². The van der Waals surface area contributed by atoms with E-state index in [9.17, 15) is 14.7 Å². The maximum atomic E-state index is 11.6. The molecule has 0 bridgehead atoms. The van der Waals surface area contributed by atoms with Crippen LogP contribution in [0.5, 0.6) is 0 Å². The minimum atomic E-state index is -0.926. The monoisotopic (exact) mass is 285 g/mol. The second-order valence-electron chi connectivity index (χ2n) is 6.30. The van der Waals surface area contributed by atoms with Crippen molar-refractivity contribution in [2.24, 2.45) is 0 Å². The van der Waals surface area contributed by atoms with Gasteiger partial charge in [0.15, 0.2) is 0 Å². The van der Waals surface area contributed by atoms with E-state index in [2.05, 4.69) is 5.32 Å². The molecule has 114 valence electrons. The van der Waals surface area contributed by atoms with E-state index < -0.39 is 12.0 Å². The molecule has 0 aliphatic carbocycles. The molecule has 2 aliphatic rings. The van der Waals surface area contributed by atoms with Crippen LogP contribution in [0.1, 0.15) is 33.6 Å². The fourth-order valence-electron chi connectivity index (χ4n) is 2.56. The highest BCUT2D eigenvalue weighted by Crippen LogP contribution is 2.21. The van der Waals surface area contributed by atoms with Gasteiger partial charge in [-0.05, 0) is 33.6 Å². The third-order valence-corrected chi connectivity index (χ3v) is 3.53. The number of nitrogens with one attached hydrogen (secondary N) is 1. The summed E-state index contributed by atoms with van der Waals surface area (Å²) in [5.74, 6) is -0.242. The molecule has 0 aromatic heterocycles. The molecule has 2 heterocycles. The predicted molar refractivity (Wildman–Crippen MR) is 71.7 cm³/mol. The molecule has 0 aromatic rings. The van der Waals surface area contributed by atoms with Crippen LogP contribution in [0.15, 0.2) is 0 Å². The van der Waals surface area contributed by atoms with E-state index >= 15 is 0 Å². The van der Waals surface area contributed by atoms with Crippen molar-refractivity contribution in [1.29, 1.82) is 0 Å². The predicted octanol–water partition coefficient (Wildman–Crippen LogP) is 0.0936. The number of amides is 3. The molecule has 1 unspecified atom stereocenters. The highest BCUT2D eigenvalue weighted by molar-refractivity contribution is 6.02. The first-order valence-corrected chi connectivity index (χ1v) is 6.97. The number of carbonyl (C=O) groups excluding carboxylic acids is 2. The summed E-state index contributed by atoms with van der Waals surface area (Å²) in [6.45, 7) is 7.10. The minimum absolute atomic E-state index is 0.0551. The van der Waals surface area contributed by atoms with E-state index in [1.807, 2.05) is 25.7 Å². The van der Waals surface area contributed by atoms with Crippen LogP contribution in [0.3, 0.4) is 0 Å². The molecule has 2 saturated heterocycles. The average molecular weight is 285 g/mol. The van der Waals surface area contributed by atoms with Crippen molar-refractivity contribution in [2.45, 2.75) is 51.7 Å².